The zero-order chi connectivity index (χ0) is 23.9. The van der Waals surface area contributed by atoms with Gasteiger partial charge in [-0.15, -0.1) is 10.2 Å². The van der Waals surface area contributed by atoms with Crippen molar-refractivity contribution >= 4 is 29.1 Å². The monoisotopic (exact) mass is 465 g/mol. The molecule has 1 aromatic carbocycles. The Morgan fingerprint density at radius 3 is 2.74 bits per heavy atom. The summed E-state index contributed by atoms with van der Waals surface area (Å²) in [6, 6.07) is 15.9. The molecule has 1 aliphatic heterocycles. The molecular formula is C25H23N9O. The Bertz CT molecular complexity index is 1550. The largest absolute Gasteiger partial charge is 0.312 e. The maximum Gasteiger partial charge on any atom is 0.228 e. The molecule has 0 bridgehead atoms. The Morgan fingerprint density at radius 1 is 1.09 bits per heavy atom. The predicted molar refractivity (Wildman–Crippen MR) is 131 cm³/mol. The summed E-state index contributed by atoms with van der Waals surface area (Å²) in [5.74, 6) is 2.51. The number of benzene rings is 1. The van der Waals surface area contributed by atoms with Crippen LogP contribution in [0.2, 0.25) is 0 Å². The van der Waals surface area contributed by atoms with Gasteiger partial charge in [-0.2, -0.15) is 5.10 Å². The topological polar surface area (TPSA) is 115 Å². The lowest BCUT2D eigenvalue weighted by molar-refractivity contribution is -0.116. The van der Waals surface area contributed by atoms with E-state index in [1.165, 1.54) is 11.1 Å². The van der Waals surface area contributed by atoms with Crippen molar-refractivity contribution < 1.29 is 4.79 Å². The van der Waals surface area contributed by atoms with Crippen molar-refractivity contribution in [3.63, 3.8) is 0 Å². The number of aryl methyl sites for hydroxylation is 2. The van der Waals surface area contributed by atoms with Crippen molar-refractivity contribution in [3.05, 3.63) is 77.9 Å². The predicted octanol–water partition coefficient (Wildman–Crippen LogP) is 3.64. The van der Waals surface area contributed by atoms with E-state index in [9.17, 15) is 4.79 Å². The lowest BCUT2D eigenvalue weighted by Gasteiger charge is -2.12. The lowest BCUT2D eigenvalue weighted by atomic mass is 9.95. The van der Waals surface area contributed by atoms with E-state index in [0.717, 1.165) is 17.2 Å². The van der Waals surface area contributed by atoms with Gasteiger partial charge in [-0.1, -0.05) is 29.8 Å². The highest BCUT2D eigenvalue weighted by molar-refractivity contribution is 5.92. The van der Waals surface area contributed by atoms with E-state index in [2.05, 4.69) is 67.1 Å². The molecule has 174 valence electrons. The normalized spacial score (nSPS) is 15.1. The molecule has 0 saturated carbocycles. The highest BCUT2D eigenvalue weighted by Gasteiger charge is 2.27. The van der Waals surface area contributed by atoms with Gasteiger partial charge in [0.1, 0.15) is 17.5 Å². The molecule has 2 N–H and O–H groups in total. The van der Waals surface area contributed by atoms with Crippen molar-refractivity contribution in [1.29, 1.82) is 0 Å². The van der Waals surface area contributed by atoms with Crippen LogP contribution in [-0.2, 0) is 18.3 Å². The van der Waals surface area contributed by atoms with Crippen LogP contribution in [0.25, 0.3) is 16.9 Å². The Kier molecular flexibility index (Phi) is 4.98. The van der Waals surface area contributed by atoms with Gasteiger partial charge in [0.15, 0.2) is 5.65 Å². The van der Waals surface area contributed by atoms with Gasteiger partial charge in [-0.05, 0) is 37.1 Å². The fourth-order valence-electron chi connectivity index (χ4n) is 4.42. The van der Waals surface area contributed by atoms with Crippen LogP contribution in [0.3, 0.4) is 0 Å². The first kappa shape index (κ1) is 21.0. The second-order valence-corrected chi connectivity index (χ2v) is 8.75. The van der Waals surface area contributed by atoms with E-state index in [-0.39, 0.29) is 11.8 Å². The fraction of sp³-hybridized carbons (Fsp3) is 0.200. The molecule has 5 heterocycles. The molecule has 1 unspecified atom stereocenters. The molecule has 1 amide bonds. The molecule has 35 heavy (non-hydrogen) atoms. The van der Waals surface area contributed by atoms with Crippen LogP contribution in [0.4, 0.5) is 17.6 Å². The molecule has 1 atom stereocenters. The minimum Gasteiger partial charge on any atom is -0.312 e. The number of hydrogen-bond acceptors (Lipinski definition) is 7. The molecular weight excluding hydrogens is 442 g/mol. The van der Waals surface area contributed by atoms with E-state index in [1.807, 2.05) is 35.7 Å². The summed E-state index contributed by atoms with van der Waals surface area (Å²) in [4.78, 5) is 21.8. The zero-order valence-corrected chi connectivity index (χ0v) is 19.3. The van der Waals surface area contributed by atoms with E-state index in [4.69, 9.17) is 0 Å². The van der Waals surface area contributed by atoms with Gasteiger partial charge in [-0.3, -0.25) is 13.9 Å². The van der Waals surface area contributed by atoms with E-state index in [1.54, 1.807) is 17.1 Å². The summed E-state index contributed by atoms with van der Waals surface area (Å²) in [5.41, 5.74) is 4.53. The maximum absolute atomic E-state index is 12.8. The molecule has 0 fully saturated rings. The zero-order valence-electron chi connectivity index (χ0n) is 19.3. The highest BCUT2D eigenvalue weighted by Crippen LogP contribution is 2.32. The van der Waals surface area contributed by atoms with E-state index >= 15 is 0 Å². The van der Waals surface area contributed by atoms with Crippen LogP contribution in [0.5, 0.6) is 0 Å². The van der Waals surface area contributed by atoms with Crippen LogP contribution >= 0.6 is 0 Å². The number of carbonyl (C=O) groups is 1. The van der Waals surface area contributed by atoms with Gasteiger partial charge < -0.3 is 10.6 Å². The molecule has 10 nitrogen and oxygen atoms in total. The Labute approximate surface area is 201 Å². The number of hydrogen-bond donors (Lipinski definition) is 2. The average Bonchev–Trinajstić information content (AvgIpc) is 3.43. The number of anilines is 3. The average molecular weight is 466 g/mol. The number of aromatic nitrogens is 7. The van der Waals surface area contributed by atoms with Crippen LogP contribution in [0, 0.1) is 6.92 Å². The van der Waals surface area contributed by atoms with Crippen molar-refractivity contribution in [2.45, 2.75) is 25.7 Å². The summed E-state index contributed by atoms with van der Waals surface area (Å²) in [5, 5.41) is 19.3. The van der Waals surface area contributed by atoms with Crippen LogP contribution in [-0.4, -0.2) is 40.3 Å². The van der Waals surface area contributed by atoms with Gasteiger partial charge >= 0.3 is 0 Å². The molecule has 0 radical (unpaired) electrons. The number of rotatable bonds is 5. The summed E-state index contributed by atoms with van der Waals surface area (Å²) in [7, 11) is 1.84. The Morgan fingerprint density at radius 2 is 1.94 bits per heavy atom. The molecule has 0 saturated heterocycles. The third-order valence-electron chi connectivity index (χ3n) is 6.21. The van der Waals surface area contributed by atoms with Gasteiger partial charge in [0.05, 0.1) is 11.9 Å². The third kappa shape index (κ3) is 3.99. The van der Waals surface area contributed by atoms with Crippen LogP contribution in [0.1, 0.15) is 29.3 Å². The van der Waals surface area contributed by atoms with Crippen LogP contribution < -0.4 is 10.6 Å². The van der Waals surface area contributed by atoms with Gasteiger partial charge in [-0.25, -0.2) is 9.97 Å². The second-order valence-electron chi connectivity index (χ2n) is 8.75. The van der Waals surface area contributed by atoms with Crippen LogP contribution in [0.15, 0.2) is 60.9 Å². The number of pyridine rings is 1. The number of nitrogens with zero attached hydrogens (tertiary/aromatic N) is 7. The standard InChI is InChI=1S/C25H23N9O/c1-15-3-5-16(6-4-15)11-18-14-23(35)29-21-12-17(13-22-31-32-24(18)34(21)22)19-7-9-26-25(28-19)30-20-8-10-27-33(20)2/h3-10,12-13,18H,11,14H2,1-2H3,(H,29,35)(H,26,28,30). The molecule has 4 aromatic heterocycles. The first-order valence-corrected chi connectivity index (χ1v) is 11.4. The smallest absolute Gasteiger partial charge is 0.228 e. The Hall–Kier alpha value is -4.60. The minimum atomic E-state index is -0.0754. The van der Waals surface area contributed by atoms with E-state index < -0.39 is 0 Å². The quantitative estimate of drug-likeness (QED) is 0.407. The maximum atomic E-state index is 12.8. The molecule has 6 rings (SSSR count). The van der Waals surface area contributed by atoms with Gasteiger partial charge in [0.2, 0.25) is 11.9 Å². The third-order valence-corrected chi connectivity index (χ3v) is 6.21. The molecule has 1 aliphatic rings. The van der Waals surface area contributed by atoms with Crippen molar-refractivity contribution in [2.75, 3.05) is 10.6 Å². The number of carbonyl (C=O) groups excluding carboxylic acids is 1. The summed E-state index contributed by atoms with van der Waals surface area (Å²) in [6.45, 7) is 2.06. The second kappa shape index (κ2) is 8.32. The highest BCUT2D eigenvalue weighted by atomic mass is 16.1. The minimum absolute atomic E-state index is 0.0488. The molecule has 0 aliphatic carbocycles. The van der Waals surface area contributed by atoms with Gasteiger partial charge in [0.25, 0.3) is 0 Å². The summed E-state index contributed by atoms with van der Waals surface area (Å²) in [6.07, 6.45) is 4.44. The molecule has 5 aromatic rings. The number of amides is 1. The van der Waals surface area contributed by atoms with Crippen molar-refractivity contribution in [1.82, 2.24) is 34.3 Å². The molecule has 10 heteroatoms. The first-order valence-electron chi connectivity index (χ1n) is 11.4. The first-order chi connectivity index (χ1) is 17.0. The number of nitrogens with one attached hydrogen (secondary N) is 2. The SMILES string of the molecule is Cc1ccc(CC2CC(=O)Nc3cc(-c4ccnc(Nc5ccnn5C)n4)cc4nnc2n34)cc1. The lowest BCUT2D eigenvalue weighted by Crippen LogP contribution is -2.14. The van der Waals surface area contributed by atoms with Crippen molar-refractivity contribution in [2.24, 2.45) is 7.05 Å². The summed E-state index contributed by atoms with van der Waals surface area (Å²) >= 11 is 0. The van der Waals surface area contributed by atoms with Crippen molar-refractivity contribution in [3.8, 4) is 11.3 Å². The Balaban J connectivity index is 1.37. The van der Waals surface area contributed by atoms with E-state index in [0.29, 0.717) is 35.9 Å². The molecule has 0 spiro atoms. The van der Waals surface area contributed by atoms with Gasteiger partial charge in [0, 0.05) is 37.2 Å². The summed E-state index contributed by atoms with van der Waals surface area (Å²) < 4.78 is 3.64. The fourth-order valence-corrected chi connectivity index (χ4v) is 4.42.